The number of rotatable bonds is 9. The lowest BCUT2D eigenvalue weighted by Crippen LogP contribution is -2.70. The molecule has 0 radical (unpaired) electrons. The van der Waals surface area contributed by atoms with Crippen molar-refractivity contribution < 1.29 is 19.5 Å². The number of hydrogen-bond acceptors (Lipinski definition) is 10. The van der Waals surface area contributed by atoms with E-state index in [0.29, 0.717) is 22.5 Å². The Bertz CT molecular complexity index is 1630. The van der Waals surface area contributed by atoms with Crippen molar-refractivity contribution in [3.05, 3.63) is 85.2 Å². The van der Waals surface area contributed by atoms with Crippen molar-refractivity contribution in [2.45, 2.75) is 27.8 Å². The van der Waals surface area contributed by atoms with Gasteiger partial charge in [0.05, 0.1) is 10.6 Å². The van der Waals surface area contributed by atoms with Crippen LogP contribution in [0.5, 0.6) is 0 Å². The fraction of sp³-hybridized carbons (Fsp3) is 0.192. The molecule has 1 saturated heterocycles. The van der Waals surface area contributed by atoms with Gasteiger partial charge in [-0.05, 0) is 46.2 Å². The number of amidine groups is 1. The molecule has 40 heavy (non-hydrogen) atoms. The molecule has 2 aliphatic rings. The summed E-state index contributed by atoms with van der Waals surface area (Å²) in [7, 11) is 0. The number of carboxylic acid groups (broad SMARTS) is 1. The van der Waals surface area contributed by atoms with E-state index in [9.17, 15) is 24.3 Å². The quantitative estimate of drug-likeness (QED) is 0.119. The number of carboxylic acids is 1. The van der Waals surface area contributed by atoms with Crippen LogP contribution in [0.15, 0.2) is 73.5 Å². The molecule has 206 valence electrons. The Morgan fingerprint density at radius 2 is 2.08 bits per heavy atom. The number of allylic oxidation sites excluding steroid dienone is 1. The first-order chi connectivity index (χ1) is 19.2. The van der Waals surface area contributed by atoms with Crippen LogP contribution in [0, 0.1) is 5.41 Å². The molecule has 0 bridgehead atoms. The van der Waals surface area contributed by atoms with E-state index in [0.717, 1.165) is 19.3 Å². The third-order valence-corrected chi connectivity index (χ3v) is 11.1. The smallest absolute Gasteiger partial charge is 0.352 e. The zero-order valence-electron chi connectivity index (χ0n) is 20.6. The highest BCUT2D eigenvalue weighted by atomic mass is 32.2. The Morgan fingerprint density at radius 3 is 2.80 bits per heavy atom. The molecule has 4 heterocycles. The molecule has 1 aromatic carbocycles. The highest BCUT2D eigenvalue weighted by molar-refractivity contribution is 8.13. The van der Waals surface area contributed by atoms with Crippen LogP contribution in [0.2, 0.25) is 0 Å². The summed E-state index contributed by atoms with van der Waals surface area (Å²) in [5, 5.41) is 23.8. The molecular weight excluding hydrogens is 609 g/mol. The van der Waals surface area contributed by atoms with Gasteiger partial charge in [-0.15, -0.1) is 34.4 Å². The molecule has 2 unspecified atom stereocenters. The number of nitrogens with zero attached hydrogens (tertiary/aromatic N) is 1. The van der Waals surface area contributed by atoms with Crippen molar-refractivity contribution in [2.75, 3.05) is 5.75 Å². The summed E-state index contributed by atoms with van der Waals surface area (Å²) in [5.41, 5.74) is 6.66. The monoisotopic (exact) mass is 630 g/mol. The number of β-lactam (4-membered cyclic amide) rings is 1. The van der Waals surface area contributed by atoms with Crippen LogP contribution in [-0.4, -0.2) is 50.1 Å². The summed E-state index contributed by atoms with van der Waals surface area (Å²) < 4.78 is 1.54. The van der Waals surface area contributed by atoms with E-state index in [1.54, 1.807) is 23.6 Å². The van der Waals surface area contributed by atoms with Crippen LogP contribution in [0.1, 0.15) is 10.4 Å². The zero-order valence-corrected chi connectivity index (χ0v) is 24.7. The molecule has 0 aliphatic carbocycles. The molecule has 2 atom stereocenters. The van der Waals surface area contributed by atoms with E-state index in [2.05, 4.69) is 5.32 Å². The Hall–Kier alpha value is -3.04. The van der Waals surface area contributed by atoms with E-state index in [1.165, 1.54) is 62.9 Å². The second-order valence-electron chi connectivity index (χ2n) is 8.72. The molecule has 0 spiro atoms. The average molecular weight is 631 g/mol. The number of nitrogens with two attached hydrogens (primary N) is 1. The summed E-state index contributed by atoms with van der Waals surface area (Å²) in [5.74, 6) is -1.04. The molecule has 0 saturated carbocycles. The van der Waals surface area contributed by atoms with Crippen LogP contribution < -0.4 is 16.5 Å². The number of carbonyl (C=O) groups excluding carboxylic acids is 2. The largest absolute Gasteiger partial charge is 0.477 e. The van der Waals surface area contributed by atoms with Crippen LogP contribution in [0.4, 0.5) is 0 Å². The summed E-state index contributed by atoms with van der Waals surface area (Å²) in [4.78, 5) is 52.2. The lowest BCUT2D eigenvalue weighted by molar-refractivity contribution is -0.150. The minimum atomic E-state index is -1.21. The van der Waals surface area contributed by atoms with Gasteiger partial charge in [-0.3, -0.25) is 24.7 Å². The fourth-order valence-electron chi connectivity index (χ4n) is 4.24. The third kappa shape index (κ3) is 6.15. The van der Waals surface area contributed by atoms with Gasteiger partial charge in [0.25, 0.3) is 5.91 Å². The van der Waals surface area contributed by atoms with Crippen LogP contribution in [-0.2, 0) is 26.6 Å². The molecule has 3 aromatic rings. The van der Waals surface area contributed by atoms with E-state index in [4.69, 9.17) is 11.1 Å². The maximum absolute atomic E-state index is 12.9. The number of nitrogens with one attached hydrogen (secondary N) is 2. The number of benzene rings is 1. The topological polar surface area (TPSA) is 154 Å². The molecule has 5 N–H and O–H groups in total. The van der Waals surface area contributed by atoms with Gasteiger partial charge in [-0.2, -0.15) is 0 Å². The van der Waals surface area contributed by atoms with Crippen molar-refractivity contribution in [3.63, 3.8) is 0 Å². The van der Waals surface area contributed by atoms with Gasteiger partial charge in [0.2, 0.25) is 5.91 Å². The molecular formula is C26H22N4O5S5. The average Bonchev–Trinajstić information content (AvgIpc) is 3.42. The van der Waals surface area contributed by atoms with Gasteiger partial charge >= 0.3 is 5.97 Å². The third-order valence-electron chi connectivity index (χ3n) is 6.05. The molecule has 9 nitrogen and oxygen atoms in total. The summed E-state index contributed by atoms with van der Waals surface area (Å²) >= 11 is 6.80. The van der Waals surface area contributed by atoms with Crippen molar-refractivity contribution >= 4 is 91.0 Å². The number of aliphatic carboxylic acids is 1. The number of thiophene rings is 1. The Balaban J connectivity index is 1.29. The normalized spacial score (nSPS) is 18.6. The molecule has 14 heteroatoms. The lowest BCUT2D eigenvalue weighted by Gasteiger charge is -2.49. The van der Waals surface area contributed by atoms with Gasteiger partial charge < -0.3 is 16.2 Å². The number of carbonyl (C=O) groups is 3. The second kappa shape index (κ2) is 12.2. The minimum absolute atomic E-state index is 0.0271. The maximum atomic E-state index is 12.9. The minimum Gasteiger partial charge on any atom is -0.477 e. The predicted octanol–water partition coefficient (Wildman–Crippen LogP) is 4.04. The highest BCUT2D eigenvalue weighted by Gasteiger charge is 2.53. The fourth-order valence-corrected chi connectivity index (χ4v) is 8.80. The molecule has 2 amide bonds. The SMILES string of the molecule is N=C(N)SCc1ccc2c(=O)cc(S/C=C/C3=C(C(=O)O)N4C(=O)C(NC(=O)Cc5cccs5)C4SC3)sc2c1. The molecule has 1 fully saturated rings. The molecule has 5 rings (SSSR count). The number of thioether (sulfide) groups is 3. The van der Waals surface area contributed by atoms with E-state index in [1.807, 2.05) is 29.6 Å². The Labute approximate surface area is 249 Å². The number of amides is 2. The van der Waals surface area contributed by atoms with Crippen LogP contribution in [0.3, 0.4) is 0 Å². The Morgan fingerprint density at radius 1 is 1.25 bits per heavy atom. The molecule has 2 aromatic heterocycles. The molecule has 2 aliphatic heterocycles. The highest BCUT2D eigenvalue weighted by Crippen LogP contribution is 2.41. The van der Waals surface area contributed by atoms with Gasteiger partial charge in [0.15, 0.2) is 10.6 Å². The first kappa shape index (κ1) is 28.5. The van der Waals surface area contributed by atoms with Crippen LogP contribution in [0.25, 0.3) is 10.1 Å². The van der Waals surface area contributed by atoms with E-state index >= 15 is 0 Å². The summed E-state index contributed by atoms with van der Waals surface area (Å²) in [6.45, 7) is 0. The standard InChI is InChI=1S/C26H22N4O5S5/c27-26(28)39-11-13-3-4-16-17(31)10-20(40-18(16)8-13)37-7-5-14-12-38-24-21(23(33)30(24)22(14)25(34)35)29-19(32)9-15-2-1-6-36-15/h1-8,10,21,24H,9,11-12H2,(H3,27,28)(H,29,32)(H,34,35)/b7-5+. The van der Waals surface area contributed by atoms with E-state index in [-0.39, 0.29) is 28.6 Å². The zero-order chi connectivity index (χ0) is 28.4. The van der Waals surface area contributed by atoms with Gasteiger partial charge in [-0.1, -0.05) is 35.7 Å². The van der Waals surface area contributed by atoms with Gasteiger partial charge in [-0.25, -0.2) is 4.79 Å². The maximum Gasteiger partial charge on any atom is 0.352 e. The van der Waals surface area contributed by atoms with Crippen molar-refractivity contribution in [1.29, 1.82) is 5.41 Å². The Kier molecular flexibility index (Phi) is 8.71. The second-order valence-corrected chi connectivity index (χ2v) is 14.2. The number of hydrogen-bond donors (Lipinski definition) is 4. The summed E-state index contributed by atoms with van der Waals surface area (Å²) in [6.07, 6.45) is 1.83. The van der Waals surface area contributed by atoms with Crippen molar-refractivity contribution in [2.24, 2.45) is 5.73 Å². The number of fused-ring (bicyclic) bond motifs is 2. The summed E-state index contributed by atoms with van der Waals surface area (Å²) in [6, 6.07) is 10.0. The predicted molar refractivity (Wildman–Crippen MR) is 164 cm³/mol. The van der Waals surface area contributed by atoms with Crippen LogP contribution >= 0.6 is 58.0 Å². The van der Waals surface area contributed by atoms with Gasteiger partial charge in [0, 0.05) is 32.5 Å². The van der Waals surface area contributed by atoms with Crippen molar-refractivity contribution in [3.8, 4) is 0 Å². The van der Waals surface area contributed by atoms with E-state index < -0.39 is 23.3 Å². The lowest BCUT2D eigenvalue weighted by atomic mass is 10.0. The van der Waals surface area contributed by atoms with Crippen molar-refractivity contribution in [1.82, 2.24) is 10.2 Å². The first-order valence-corrected chi connectivity index (χ1v) is 16.4. The van der Waals surface area contributed by atoms with Gasteiger partial charge in [0.1, 0.15) is 17.1 Å². The first-order valence-electron chi connectivity index (χ1n) is 11.8.